The molecule has 0 saturated heterocycles. The van der Waals surface area contributed by atoms with Crippen LogP contribution in [-0.2, 0) is 11.3 Å². The first-order valence-corrected chi connectivity index (χ1v) is 10.9. The van der Waals surface area contributed by atoms with Crippen LogP contribution < -0.4 is 19.5 Å². The van der Waals surface area contributed by atoms with E-state index < -0.39 is 0 Å². The Morgan fingerprint density at radius 1 is 1.09 bits per heavy atom. The topological polar surface area (TPSA) is 86.8 Å². The molecule has 7 heteroatoms. The van der Waals surface area contributed by atoms with Gasteiger partial charge in [-0.05, 0) is 56.0 Å². The Bertz CT molecular complexity index is 1170. The molecule has 0 radical (unpaired) electrons. The normalized spacial score (nSPS) is 10.2. The molecule has 2 aromatic carbocycles. The summed E-state index contributed by atoms with van der Waals surface area (Å²) in [5.74, 6) is 1.23. The number of allylic oxidation sites excluding steroid dienone is 1. The lowest BCUT2D eigenvalue weighted by atomic mass is 9.99. The number of nitrogens with zero attached hydrogens (tertiary/aromatic N) is 1. The van der Waals surface area contributed by atoms with Crippen molar-refractivity contribution in [2.75, 3.05) is 14.2 Å². The van der Waals surface area contributed by atoms with Gasteiger partial charge in [-0.15, -0.1) is 6.58 Å². The van der Waals surface area contributed by atoms with E-state index in [1.165, 1.54) is 14.0 Å². The Hall–Kier alpha value is -3.87. The number of carbonyl (C=O) groups excluding carboxylic acids is 2. The lowest BCUT2D eigenvalue weighted by Crippen LogP contribution is -2.19. The summed E-state index contributed by atoms with van der Waals surface area (Å²) in [4.78, 5) is 29.2. The lowest BCUT2D eigenvalue weighted by molar-refractivity contribution is -0.119. The summed E-state index contributed by atoms with van der Waals surface area (Å²) >= 11 is 0. The molecule has 0 bridgehead atoms. The first kappa shape index (κ1) is 26.4. The van der Waals surface area contributed by atoms with Crippen LogP contribution in [0.4, 0.5) is 0 Å². The number of hydrogen-bond donors (Lipinski definition) is 1. The number of rotatable bonds is 8. The second-order valence-electron chi connectivity index (χ2n) is 7.73. The van der Waals surface area contributed by atoms with Crippen LogP contribution in [0.2, 0.25) is 0 Å². The summed E-state index contributed by atoms with van der Waals surface area (Å²) in [6.45, 7) is 10.8. The highest BCUT2D eigenvalue weighted by atomic mass is 16.5. The highest BCUT2D eigenvalue weighted by Gasteiger charge is 2.20. The van der Waals surface area contributed by atoms with E-state index in [1.807, 2.05) is 26.8 Å². The Morgan fingerprint density at radius 2 is 1.71 bits per heavy atom. The first-order valence-electron chi connectivity index (χ1n) is 10.9. The third-order valence-corrected chi connectivity index (χ3v) is 4.69. The number of amides is 1. The minimum absolute atomic E-state index is 0.00547. The van der Waals surface area contributed by atoms with Gasteiger partial charge in [-0.1, -0.05) is 18.2 Å². The molecule has 180 valence electrons. The molecule has 1 aromatic heterocycles. The minimum atomic E-state index is -0.238. The fraction of sp³-hybridized carbons (Fsp3) is 0.296. The van der Waals surface area contributed by atoms with Crippen LogP contribution in [0.3, 0.4) is 0 Å². The lowest BCUT2D eigenvalue weighted by Gasteiger charge is -2.15. The van der Waals surface area contributed by atoms with Crippen molar-refractivity contribution >= 4 is 22.5 Å². The van der Waals surface area contributed by atoms with Crippen LogP contribution in [0.25, 0.3) is 10.8 Å². The first-order chi connectivity index (χ1) is 16.2. The van der Waals surface area contributed by atoms with Crippen LogP contribution in [0.1, 0.15) is 49.3 Å². The van der Waals surface area contributed by atoms with Crippen LogP contribution in [0.5, 0.6) is 17.2 Å². The standard InChI is InChI=1S/C24H26N2O5.C3H6/c1-14(2)31-18-8-6-7-16(9-18)24(28)23-20-11-22(30-5)21(29-4)10-19(20)17(13-26-23)12-25-15(3)27;1-3-2/h6-11,13-14H,12H2,1-5H3,(H,25,27);3H,1H2,2H3. The zero-order valence-corrected chi connectivity index (χ0v) is 20.6. The van der Waals surface area contributed by atoms with E-state index in [4.69, 9.17) is 14.2 Å². The van der Waals surface area contributed by atoms with E-state index >= 15 is 0 Å². The molecule has 0 spiro atoms. The average Bonchev–Trinajstić information content (AvgIpc) is 2.81. The summed E-state index contributed by atoms with van der Waals surface area (Å²) in [6, 6.07) is 10.6. The van der Waals surface area contributed by atoms with Crippen LogP contribution in [-0.4, -0.2) is 37.0 Å². The Labute approximate surface area is 200 Å². The fourth-order valence-electron chi connectivity index (χ4n) is 3.28. The maximum atomic E-state index is 13.4. The summed E-state index contributed by atoms with van der Waals surface area (Å²) in [5, 5.41) is 4.13. The van der Waals surface area contributed by atoms with Gasteiger partial charge in [0.1, 0.15) is 11.4 Å². The number of nitrogens with one attached hydrogen (secondary N) is 1. The van der Waals surface area contributed by atoms with E-state index in [0.29, 0.717) is 28.2 Å². The van der Waals surface area contributed by atoms with E-state index in [0.717, 1.165) is 10.9 Å². The largest absolute Gasteiger partial charge is 0.493 e. The highest BCUT2D eigenvalue weighted by Crippen LogP contribution is 2.35. The molecule has 1 N–H and O–H groups in total. The number of ketones is 1. The van der Waals surface area contributed by atoms with Crippen molar-refractivity contribution in [3.8, 4) is 17.2 Å². The molecule has 1 heterocycles. The second kappa shape index (κ2) is 12.4. The molecule has 0 aliphatic rings. The minimum Gasteiger partial charge on any atom is -0.493 e. The number of fused-ring (bicyclic) bond motifs is 1. The van der Waals surface area contributed by atoms with Gasteiger partial charge in [0.05, 0.1) is 20.3 Å². The third kappa shape index (κ3) is 6.57. The predicted octanol–water partition coefficient (Wildman–Crippen LogP) is 5.10. The number of hydrogen-bond acceptors (Lipinski definition) is 6. The molecule has 7 nitrogen and oxygen atoms in total. The second-order valence-corrected chi connectivity index (χ2v) is 7.73. The Balaban J connectivity index is 0.00000129. The SMILES string of the molecule is C=CC.COc1cc2c(CNC(C)=O)cnc(C(=O)c3cccc(OC(C)C)c3)c2cc1OC. The quantitative estimate of drug-likeness (QED) is 0.369. The van der Waals surface area contributed by atoms with E-state index in [1.54, 1.807) is 49.7 Å². The number of pyridine rings is 1. The monoisotopic (exact) mass is 464 g/mol. The number of aromatic nitrogens is 1. The van der Waals surface area contributed by atoms with Gasteiger partial charge in [0, 0.05) is 30.6 Å². The molecule has 0 saturated carbocycles. The number of methoxy groups -OCH3 is 2. The van der Waals surface area contributed by atoms with Crippen molar-refractivity contribution in [3.63, 3.8) is 0 Å². The maximum absolute atomic E-state index is 13.4. The maximum Gasteiger partial charge on any atom is 0.217 e. The molecule has 3 rings (SSSR count). The van der Waals surface area contributed by atoms with Crippen LogP contribution in [0, 0.1) is 0 Å². The molecule has 1 amide bonds. The smallest absolute Gasteiger partial charge is 0.217 e. The van der Waals surface area contributed by atoms with Gasteiger partial charge < -0.3 is 19.5 Å². The highest BCUT2D eigenvalue weighted by molar-refractivity contribution is 6.15. The van der Waals surface area contributed by atoms with Crippen molar-refractivity contribution in [2.24, 2.45) is 0 Å². The van der Waals surface area contributed by atoms with Crippen molar-refractivity contribution in [1.82, 2.24) is 10.3 Å². The average molecular weight is 465 g/mol. The third-order valence-electron chi connectivity index (χ3n) is 4.69. The van der Waals surface area contributed by atoms with Crippen molar-refractivity contribution in [2.45, 2.75) is 40.3 Å². The molecule has 0 aliphatic heterocycles. The molecular weight excluding hydrogens is 432 g/mol. The molecule has 0 fully saturated rings. The zero-order valence-electron chi connectivity index (χ0n) is 20.6. The summed E-state index contributed by atoms with van der Waals surface area (Å²) in [7, 11) is 3.08. The molecule has 0 unspecified atom stereocenters. The fourth-order valence-corrected chi connectivity index (χ4v) is 3.28. The molecule has 0 atom stereocenters. The van der Waals surface area contributed by atoms with Crippen LogP contribution >= 0.6 is 0 Å². The Kier molecular flexibility index (Phi) is 9.62. The van der Waals surface area contributed by atoms with Gasteiger partial charge >= 0.3 is 0 Å². The van der Waals surface area contributed by atoms with Crippen molar-refractivity contribution in [1.29, 1.82) is 0 Å². The summed E-state index contributed by atoms with van der Waals surface area (Å²) in [6.07, 6.45) is 3.35. The predicted molar refractivity (Wildman–Crippen MR) is 134 cm³/mol. The molecule has 34 heavy (non-hydrogen) atoms. The van der Waals surface area contributed by atoms with E-state index in [2.05, 4.69) is 16.9 Å². The summed E-state index contributed by atoms with van der Waals surface area (Å²) < 4.78 is 16.6. The van der Waals surface area contributed by atoms with Gasteiger partial charge in [0.25, 0.3) is 0 Å². The number of carbonyl (C=O) groups is 2. The van der Waals surface area contributed by atoms with E-state index in [-0.39, 0.29) is 30.0 Å². The van der Waals surface area contributed by atoms with Gasteiger partial charge in [0.2, 0.25) is 11.7 Å². The van der Waals surface area contributed by atoms with Crippen molar-refractivity contribution < 1.29 is 23.8 Å². The van der Waals surface area contributed by atoms with Crippen molar-refractivity contribution in [3.05, 3.63) is 72.1 Å². The number of ether oxygens (including phenoxy) is 3. The Morgan fingerprint density at radius 3 is 2.26 bits per heavy atom. The summed E-state index contributed by atoms with van der Waals surface area (Å²) in [5.41, 5.74) is 1.51. The number of benzene rings is 2. The van der Waals surface area contributed by atoms with Gasteiger partial charge in [-0.2, -0.15) is 0 Å². The van der Waals surface area contributed by atoms with Gasteiger partial charge in [-0.3, -0.25) is 14.6 Å². The van der Waals surface area contributed by atoms with Crippen LogP contribution in [0.15, 0.2) is 55.3 Å². The zero-order chi connectivity index (χ0) is 25.3. The molecule has 0 aliphatic carbocycles. The molecule has 3 aromatic rings. The van der Waals surface area contributed by atoms with E-state index in [9.17, 15) is 9.59 Å². The van der Waals surface area contributed by atoms with Gasteiger partial charge in [-0.25, -0.2) is 0 Å². The van der Waals surface area contributed by atoms with Gasteiger partial charge in [0.15, 0.2) is 11.5 Å². The molecular formula is C27H32N2O5.